The second kappa shape index (κ2) is 4.24. The molecule has 0 radical (unpaired) electrons. The molecule has 0 unspecified atom stereocenters. The van der Waals surface area contributed by atoms with Crippen LogP contribution in [0, 0.1) is 0 Å². The van der Waals surface area contributed by atoms with E-state index in [1.807, 2.05) is 0 Å². The number of amides is 1. The molecule has 1 rings (SSSR count). The van der Waals surface area contributed by atoms with Crippen LogP contribution in [0.15, 0.2) is 5.10 Å². The summed E-state index contributed by atoms with van der Waals surface area (Å²) in [5.74, 6) is -0.0537. The number of ether oxygens (including phenoxy) is 1. The van der Waals surface area contributed by atoms with Gasteiger partial charge < -0.3 is 4.74 Å². The summed E-state index contributed by atoms with van der Waals surface area (Å²) in [6, 6.07) is 0. The molecule has 1 aliphatic heterocycles. The highest BCUT2D eigenvalue weighted by molar-refractivity contribution is 6.05. The lowest BCUT2D eigenvalue weighted by Crippen LogP contribution is -2.10. The number of halogens is 1. The Bertz CT molecular complexity index is 158. The number of hydrogen-bond donors (Lipinski definition) is 1. The highest BCUT2D eigenvalue weighted by Gasteiger charge is 2.12. The van der Waals surface area contributed by atoms with Crippen molar-refractivity contribution in [2.45, 2.75) is 6.42 Å². The van der Waals surface area contributed by atoms with Crippen LogP contribution in [0.3, 0.4) is 0 Å². The van der Waals surface area contributed by atoms with Crippen LogP contribution >= 0.6 is 12.4 Å². The van der Waals surface area contributed by atoms with Crippen molar-refractivity contribution in [3.8, 4) is 0 Å². The van der Waals surface area contributed by atoms with Crippen LogP contribution in [-0.2, 0) is 9.53 Å². The fraction of sp³-hybridized carbons (Fsp3) is 0.600. The molecule has 0 aromatic heterocycles. The topological polar surface area (TPSA) is 50.7 Å². The fourth-order valence-corrected chi connectivity index (χ4v) is 0.656. The molecule has 1 aliphatic rings. The molecule has 0 saturated heterocycles. The first-order valence-corrected chi connectivity index (χ1v) is 2.66. The van der Waals surface area contributed by atoms with Crippen LogP contribution in [0.1, 0.15) is 6.42 Å². The fourth-order valence-electron chi connectivity index (χ4n) is 0.656. The minimum Gasteiger partial charge on any atom is -0.379 e. The summed E-state index contributed by atoms with van der Waals surface area (Å²) in [4.78, 5) is 10.4. The second-order valence-corrected chi connectivity index (χ2v) is 1.82. The van der Waals surface area contributed by atoms with Gasteiger partial charge in [-0.15, -0.1) is 12.4 Å². The maximum absolute atomic E-state index is 10.4. The van der Waals surface area contributed by atoms with E-state index in [9.17, 15) is 4.79 Å². The summed E-state index contributed by atoms with van der Waals surface area (Å²) in [6.07, 6.45) is 0.383. The highest BCUT2D eigenvalue weighted by atomic mass is 35.5. The van der Waals surface area contributed by atoms with Crippen LogP contribution in [0.4, 0.5) is 0 Å². The molecule has 0 bridgehead atoms. The number of carbonyl (C=O) groups excluding carboxylic acids is 1. The third kappa shape index (κ3) is 2.33. The van der Waals surface area contributed by atoms with E-state index < -0.39 is 0 Å². The molecule has 0 fully saturated rings. The quantitative estimate of drug-likeness (QED) is 0.621. The summed E-state index contributed by atoms with van der Waals surface area (Å²) in [6.45, 7) is 0.443. The molecule has 0 aromatic carbocycles. The summed E-state index contributed by atoms with van der Waals surface area (Å²) in [5.41, 5.74) is 3.09. The van der Waals surface area contributed by atoms with E-state index in [-0.39, 0.29) is 18.3 Å². The zero-order valence-electron chi connectivity index (χ0n) is 5.59. The maximum Gasteiger partial charge on any atom is 0.245 e. The molecule has 10 heavy (non-hydrogen) atoms. The van der Waals surface area contributed by atoms with Gasteiger partial charge in [0, 0.05) is 7.11 Å². The normalized spacial score (nSPS) is 15.7. The van der Waals surface area contributed by atoms with Gasteiger partial charge in [-0.3, -0.25) is 4.79 Å². The number of nitrogens with one attached hydrogen (secondary N) is 1. The van der Waals surface area contributed by atoms with Crippen molar-refractivity contribution < 1.29 is 9.53 Å². The molecule has 0 aliphatic carbocycles. The van der Waals surface area contributed by atoms with E-state index in [0.29, 0.717) is 13.0 Å². The van der Waals surface area contributed by atoms with Gasteiger partial charge in [0.1, 0.15) is 0 Å². The number of hydrazone groups is 1. The number of methoxy groups -OCH3 is 1. The molecule has 0 aromatic rings. The average Bonchev–Trinajstić information content (AvgIpc) is 2.17. The van der Waals surface area contributed by atoms with Crippen molar-refractivity contribution >= 4 is 24.0 Å². The van der Waals surface area contributed by atoms with Crippen LogP contribution in [-0.4, -0.2) is 25.3 Å². The second-order valence-electron chi connectivity index (χ2n) is 1.82. The maximum atomic E-state index is 10.4. The van der Waals surface area contributed by atoms with Crippen molar-refractivity contribution in [3.63, 3.8) is 0 Å². The van der Waals surface area contributed by atoms with Crippen molar-refractivity contribution in [1.82, 2.24) is 5.43 Å². The molecule has 1 amide bonds. The van der Waals surface area contributed by atoms with Crippen LogP contribution in [0.2, 0.25) is 0 Å². The Hall–Kier alpha value is -0.610. The Morgan fingerprint density at radius 3 is 2.90 bits per heavy atom. The van der Waals surface area contributed by atoms with E-state index in [0.717, 1.165) is 5.71 Å². The Balaban J connectivity index is 0.000000810. The SMILES string of the molecule is COCC1=NNC(=O)C1.Cl. The first kappa shape index (κ1) is 9.39. The van der Waals surface area contributed by atoms with Gasteiger partial charge in [-0.05, 0) is 0 Å². The van der Waals surface area contributed by atoms with E-state index >= 15 is 0 Å². The monoisotopic (exact) mass is 164 g/mol. The lowest BCUT2D eigenvalue weighted by atomic mass is 10.3. The summed E-state index contributed by atoms with van der Waals surface area (Å²) >= 11 is 0. The summed E-state index contributed by atoms with van der Waals surface area (Å²) in [7, 11) is 1.57. The lowest BCUT2D eigenvalue weighted by Gasteiger charge is -1.91. The first-order chi connectivity index (χ1) is 4.33. The zero-order chi connectivity index (χ0) is 6.69. The summed E-state index contributed by atoms with van der Waals surface area (Å²) in [5, 5.41) is 3.70. The van der Waals surface area contributed by atoms with Crippen LogP contribution in [0.25, 0.3) is 0 Å². The molecule has 58 valence electrons. The molecule has 5 heteroatoms. The van der Waals surface area contributed by atoms with Crippen molar-refractivity contribution in [2.24, 2.45) is 5.10 Å². The molecular formula is C5H9ClN2O2. The number of nitrogens with zero attached hydrogens (tertiary/aromatic N) is 1. The van der Waals surface area contributed by atoms with Crippen LogP contribution in [0.5, 0.6) is 0 Å². The minimum absolute atomic E-state index is 0. The van der Waals surface area contributed by atoms with E-state index in [2.05, 4.69) is 10.5 Å². The molecule has 0 saturated carbocycles. The Morgan fingerprint density at radius 1 is 1.80 bits per heavy atom. The smallest absolute Gasteiger partial charge is 0.245 e. The van der Waals surface area contributed by atoms with Gasteiger partial charge in [0.05, 0.1) is 18.7 Å². The van der Waals surface area contributed by atoms with Crippen molar-refractivity contribution in [1.29, 1.82) is 0 Å². The third-order valence-corrected chi connectivity index (χ3v) is 1.01. The average molecular weight is 165 g/mol. The van der Waals surface area contributed by atoms with Crippen molar-refractivity contribution in [2.75, 3.05) is 13.7 Å². The van der Waals surface area contributed by atoms with E-state index in [4.69, 9.17) is 4.74 Å². The van der Waals surface area contributed by atoms with E-state index in [1.165, 1.54) is 0 Å². The van der Waals surface area contributed by atoms with Gasteiger partial charge in [-0.2, -0.15) is 5.10 Å². The minimum atomic E-state index is -0.0537. The van der Waals surface area contributed by atoms with Gasteiger partial charge in [0.25, 0.3) is 0 Å². The zero-order valence-corrected chi connectivity index (χ0v) is 6.40. The number of carbonyl (C=O) groups is 1. The first-order valence-electron chi connectivity index (χ1n) is 2.66. The number of hydrogen-bond acceptors (Lipinski definition) is 3. The largest absolute Gasteiger partial charge is 0.379 e. The predicted octanol–water partition coefficient (Wildman–Crippen LogP) is -0.0695. The van der Waals surface area contributed by atoms with E-state index in [1.54, 1.807) is 7.11 Å². The van der Waals surface area contributed by atoms with Gasteiger partial charge in [0.15, 0.2) is 0 Å². The number of rotatable bonds is 2. The Morgan fingerprint density at radius 2 is 2.50 bits per heavy atom. The lowest BCUT2D eigenvalue weighted by molar-refractivity contribution is -0.119. The molecule has 1 N–H and O–H groups in total. The molecule has 1 heterocycles. The van der Waals surface area contributed by atoms with Gasteiger partial charge in [-0.1, -0.05) is 0 Å². The predicted molar refractivity (Wildman–Crippen MR) is 39.3 cm³/mol. The summed E-state index contributed by atoms with van der Waals surface area (Å²) < 4.78 is 4.75. The molecule has 0 spiro atoms. The van der Waals surface area contributed by atoms with Gasteiger partial charge in [-0.25, -0.2) is 5.43 Å². The third-order valence-electron chi connectivity index (χ3n) is 1.01. The highest BCUT2D eigenvalue weighted by Crippen LogP contribution is 1.94. The Labute approximate surface area is 65.0 Å². The standard InChI is InChI=1S/C5H8N2O2.ClH/c1-9-3-4-2-5(8)7-6-4;/h2-3H2,1H3,(H,7,8);1H. The van der Waals surface area contributed by atoms with Crippen LogP contribution < -0.4 is 5.43 Å². The Kier molecular flexibility index (Phi) is 3.99. The van der Waals surface area contributed by atoms with Gasteiger partial charge in [0.2, 0.25) is 5.91 Å². The molecule has 0 atom stereocenters. The van der Waals surface area contributed by atoms with Crippen molar-refractivity contribution in [3.05, 3.63) is 0 Å². The molecule has 4 nitrogen and oxygen atoms in total. The van der Waals surface area contributed by atoms with Gasteiger partial charge >= 0.3 is 0 Å². The molecular weight excluding hydrogens is 156 g/mol.